The fourth-order valence-corrected chi connectivity index (χ4v) is 2.98. The third-order valence-electron chi connectivity index (χ3n) is 4.09. The van der Waals surface area contributed by atoms with Crippen LogP contribution in [0.15, 0.2) is 30.5 Å². The molecule has 1 aliphatic rings. The number of ether oxygens (including phenoxy) is 1. The van der Waals surface area contributed by atoms with Gasteiger partial charge in [-0.3, -0.25) is 0 Å². The van der Waals surface area contributed by atoms with Crippen LogP contribution < -0.4 is 4.74 Å². The number of fused-ring (bicyclic) bond motifs is 1. The normalized spacial score (nSPS) is 16.1. The van der Waals surface area contributed by atoms with Gasteiger partial charge in [0, 0.05) is 24.7 Å². The van der Waals surface area contributed by atoms with E-state index in [0.29, 0.717) is 0 Å². The van der Waals surface area contributed by atoms with Gasteiger partial charge in [-0.15, -0.1) is 0 Å². The number of benzene rings is 1. The van der Waals surface area contributed by atoms with E-state index in [4.69, 9.17) is 4.74 Å². The minimum Gasteiger partial charge on any atom is -0.493 e. The van der Waals surface area contributed by atoms with E-state index in [0.717, 1.165) is 31.9 Å². The molecule has 1 aromatic heterocycles. The van der Waals surface area contributed by atoms with Crippen LogP contribution in [-0.2, 0) is 6.54 Å². The Balaban J connectivity index is 1.74. The van der Waals surface area contributed by atoms with Crippen LogP contribution in [0.5, 0.6) is 5.75 Å². The first kappa shape index (κ1) is 13.5. The number of likely N-dealkylation sites (tertiary alicyclic amines) is 1. The van der Waals surface area contributed by atoms with Crippen molar-refractivity contribution < 1.29 is 4.74 Å². The van der Waals surface area contributed by atoms with Crippen molar-refractivity contribution in [2.75, 3.05) is 26.2 Å². The summed E-state index contributed by atoms with van der Waals surface area (Å²) in [5.41, 5.74) is 1.29. The maximum absolute atomic E-state index is 5.84. The molecular weight excluding hydrogens is 248 g/mol. The number of nitrogens with zero attached hydrogens (tertiary/aromatic N) is 2. The molecule has 1 aromatic carbocycles. The van der Waals surface area contributed by atoms with Gasteiger partial charge < -0.3 is 14.2 Å². The first-order valence-electron chi connectivity index (χ1n) is 7.81. The molecule has 0 saturated carbocycles. The Kier molecular flexibility index (Phi) is 4.26. The molecule has 0 unspecified atom stereocenters. The van der Waals surface area contributed by atoms with Gasteiger partial charge in [0.1, 0.15) is 5.75 Å². The van der Waals surface area contributed by atoms with E-state index in [9.17, 15) is 0 Å². The monoisotopic (exact) mass is 272 g/mol. The standard InChI is InChI=1S/C17H24N2O/c1-2-14-20-17-7-5-6-16-15(17)8-11-19(16)13-12-18-9-3-4-10-18/h5-8,11H,2-4,9-10,12-14H2,1H3. The first-order chi connectivity index (χ1) is 9.88. The van der Waals surface area contributed by atoms with E-state index in [1.807, 2.05) is 0 Å². The molecule has 3 nitrogen and oxygen atoms in total. The molecule has 2 heterocycles. The molecule has 1 saturated heterocycles. The fourth-order valence-electron chi connectivity index (χ4n) is 2.98. The van der Waals surface area contributed by atoms with Gasteiger partial charge >= 0.3 is 0 Å². The molecule has 0 atom stereocenters. The highest BCUT2D eigenvalue weighted by atomic mass is 16.5. The lowest BCUT2D eigenvalue weighted by Crippen LogP contribution is -2.23. The summed E-state index contributed by atoms with van der Waals surface area (Å²) in [5.74, 6) is 1.02. The average Bonchev–Trinajstić information content (AvgIpc) is 3.12. The molecule has 3 heteroatoms. The van der Waals surface area contributed by atoms with Crippen molar-refractivity contribution in [1.29, 1.82) is 0 Å². The number of hydrogen-bond acceptors (Lipinski definition) is 2. The lowest BCUT2D eigenvalue weighted by atomic mass is 10.2. The van der Waals surface area contributed by atoms with Gasteiger partial charge in [0.2, 0.25) is 0 Å². The van der Waals surface area contributed by atoms with E-state index in [1.54, 1.807) is 0 Å². The Labute approximate surface area is 121 Å². The van der Waals surface area contributed by atoms with E-state index in [2.05, 4.69) is 46.9 Å². The predicted octanol–water partition coefficient (Wildman–Crippen LogP) is 3.53. The van der Waals surface area contributed by atoms with Crippen LogP contribution >= 0.6 is 0 Å². The smallest absolute Gasteiger partial charge is 0.128 e. The molecule has 2 aromatic rings. The molecule has 0 spiro atoms. The van der Waals surface area contributed by atoms with Crippen LogP contribution in [0.4, 0.5) is 0 Å². The Morgan fingerprint density at radius 2 is 1.95 bits per heavy atom. The lowest BCUT2D eigenvalue weighted by molar-refractivity contribution is 0.320. The van der Waals surface area contributed by atoms with E-state index >= 15 is 0 Å². The summed E-state index contributed by atoms with van der Waals surface area (Å²) in [6.07, 6.45) is 5.97. The zero-order valence-electron chi connectivity index (χ0n) is 12.3. The zero-order chi connectivity index (χ0) is 13.8. The molecule has 1 aliphatic heterocycles. The highest BCUT2D eigenvalue weighted by Crippen LogP contribution is 2.26. The number of rotatable bonds is 6. The highest BCUT2D eigenvalue weighted by molar-refractivity contribution is 5.86. The van der Waals surface area contributed by atoms with Crippen LogP contribution in [0, 0.1) is 0 Å². The van der Waals surface area contributed by atoms with Gasteiger partial charge in [-0.05, 0) is 50.6 Å². The summed E-state index contributed by atoms with van der Waals surface area (Å²) in [5, 5.41) is 1.24. The van der Waals surface area contributed by atoms with Gasteiger partial charge in [0.05, 0.1) is 12.1 Å². The third kappa shape index (κ3) is 2.83. The SMILES string of the molecule is CCCOc1cccc2c1ccn2CCN1CCCC1. The molecule has 1 fully saturated rings. The minimum absolute atomic E-state index is 0.790. The lowest BCUT2D eigenvalue weighted by Gasteiger charge is -2.15. The van der Waals surface area contributed by atoms with E-state index < -0.39 is 0 Å². The summed E-state index contributed by atoms with van der Waals surface area (Å²) in [6.45, 7) is 7.69. The second kappa shape index (κ2) is 6.31. The molecule has 0 bridgehead atoms. The Hall–Kier alpha value is -1.48. The molecular formula is C17H24N2O. The summed E-state index contributed by atoms with van der Waals surface area (Å²) in [7, 11) is 0. The quantitative estimate of drug-likeness (QED) is 0.800. The van der Waals surface area contributed by atoms with Crippen molar-refractivity contribution in [1.82, 2.24) is 9.47 Å². The summed E-state index contributed by atoms with van der Waals surface area (Å²) < 4.78 is 8.19. The third-order valence-corrected chi connectivity index (χ3v) is 4.09. The van der Waals surface area contributed by atoms with Crippen LogP contribution in [0.25, 0.3) is 10.9 Å². The number of hydrogen-bond donors (Lipinski definition) is 0. The molecule has 0 amide bonds. The molecule has 20 heavy (non-hydrogen) atoms. The molecule has 3 rings (SSSR count). The van der Waals surface area contributed by atoms with Crippen LogP contribution in [-0.4, -0.2) is 35.7 Å². The van der Waals surface area contributed by atoms with Crippen LogP contribution in [0.1, 0.15) is 26.2 Å². The largest absolute Gasteiger partial charge is 0.493 e. The van der Waals surface area contributed by atoms with Crippen molar-refractivity contribution in [2.24, 2.45) is 0 Å². The van der Waals surface area contributed by atoms with Crippen LogP contribution in [0.2, 0.25) is 0 Å². The molecule has 108 valence electrons. The average molecular weight is 272 g/mol. The van der Waals surface area contributed by atoms with Crippen LogP contribution in [0.3, 0.4) is 0 Å². The fraction of sp³-hybridized carbons (Fsp3) is 0.529. The van der Waals surface area contributed by atoms with Gasteiger partial charge in [0.25, 0.3) is 0 Å². The molecule has 0 radical (unpaired) electrons. The van der Waals surface area contributed by atoms with Crippen molar-refractivity contribution in [3.05, 3.63) is 30.5 Å². The summed E-state index contributed by atoms with van der Waals surface area (Å²) in [6, 6.07) is 8.55. The van der Waals surface area contributed by atoms with Crippen molar-refractivity contribution in [2.45, 2.75) is 32.7 Å². The summed E-state index contributed by atoms with van der Waals surface area (Å²) in [4.78, 5) is 2.56. The second-order valence-electron chi connectivity index (χ2n) is 5.60. The Bertz CT molecular complexity index is 555. The summed E-state index contributed by atoms with van der Waals surface area (Å²) >= 11 is 0. The first-order valence-corrected chi connectivity index (χ1v) is 7.81. The Morgan fingerprint density at radius 3 is 2.75 bits per heavy atom. The van der Waals surface area contributed by atoms with E-state index in [1.165, 1.54) is 36.8 Å². The number of aromatic nitrogens is 1. The minimum atomic E-state index is 0.790. The molecule has 0 aliphatic carbocycles. The van der Waals surface area contributed by atoms with E-state index in [-0.39, 0.29) is 0 Å². The Morgan fingerprint density at radius 1 is 1.10 bits per heavy atom. The highest BCUT2D eigenvalue weighted by Gasteiger charge is 2.12. The maximum atomic E-state index is 5.84. The molecule has 0 N–H and O–H groups in total. The van der Waals surface area contributed by atoms with Gasteiger partial charge in [0.15, 0.2) is 0 Å². The van der Waals surface area contributed by atoms with Crippen molar-refractivity contribution >= 4 is 10.9 Å². The predicted molar refractivity (Wildman–Crippen MR) is 83.4 cm³/mol. The maximum Gasteiger partial charge on any atom is 0.128 e. The topological polar surface area (TPSA) is 17.4 Å². The zero-order valence-corrected chi connectivity index (χ0v) is 12.3. The van der Waals surface area contributed by atoms with Crippen molar-refractivity contribution in [3.8, 4) is 5.75 Å². The second-order valence-corrected chi connectivity index (χ2v) is 5.60. The van der Waals surface area contributed by atoms with Gasteiger partial charge in [-0.25, -0.2) is 0 Å². The van der Waals surface area contributed by atoms with Gasteiger partial charge in [-0.2, -0.15) is 0 Å². The van der Waals surface area contributed by atoms with Crippen molar-refractivity contribution in [3.63, 3.8) is 0 Å². The van der Waals surface area contributed by atoms with Gasteiger partial charge in [-0.1, -0.05) is 13.0 Å².